The van der Waals surface area contributed by atoms with E-state index in [0.717, 1.165) is 41.6 Å². The number of carbonyl (C=O) groups is 1. The number of thioether (sulfide) groups is 1. The molecule has 2 heterocycles. The summed E-state index contributed by atoms with van der Waals surface area (Å²) in [4.78, 5) is 12.9. The van der Waals surface area contributed by atoms with Gasteiger partial charge in [-0.15, -0.1) is 10.2 Å². The first-order chi connectivity index (χ1) is 16.0. The minimum atomic E-state index is -0.136. The van der Waals surface area contributed by atoms with Gasteiger partial charge in [-0.1, -0.05) is 54.9 Å². The number of aromatic nitrogens is 4. The molecule has 0 unspecified atom stereocenters. The smallest absolute Gasteiger partial charge is 0.235 e. The van der Waals surface area contributed by atoms with Crippen molar-refractivity contribution in [3.05, 3.63) is 58.5 Å². The number of hydrogen-bond donors (Lipinski definition) is 1. The van der Waals surface area contributed by atoms with Crippen LogP contribution in [0.5, 0.6) is 0 Å². The second kappa shape index (κ2) is 10.3. The van der Waals surface area contributed by atoms with Crippen LogP contribution in [0.15, 0.2) is 35.5 Å². The molecule has 1 aliphatic rings. The molecule has 0 atom stereocenters. The molecule has 4 rings (SSSR count). The lowest BCUT2D eigenvalue weighted by Gasteiger charge is -2.19. The van der Waals surface area contributed by atoms with E-state index in [1.165, 1.54) is 30.2 Å². The molecular weight excluding hydrogens is 432 g/mol. The summed E-state index contributed by atoms with van der Waals surface area (Å²) < 4.78 is 4.23. The molecule has 0 radical (unpaired) electrons. The van der Waals surface area contributed by atoms with E-state index in [4.69, 9.17) is 0 Å². The fourth-order valence-electron chi connectivity index (χ4n) is 4.66. The van der Waals surface area contributed by atoms with Gasteiger partial charge in [-0.2, -0.15) is 5.26 Å². The van der Waals surface area contributed by atoms with Crippen molar-refractivity contribution >= 4 is 23.5 Å². The average molecular weight is 463 g/mol. The van der Waals surface area contributed by atoms with Crippen molar-refractivity contribution in [3.63, 3.8) is 0 Å². The lowest BCUT2D eigenvalue weighted by atomic mass is 10.1. The molecule has 3 aromatic rings. The summed E-state index contributed by atoms with van der Waals surface area (Å²) in [6, 6.07) is 12.8. The quantitative estimate of drug-likeness (QED) is 0.475. The van der Waals surface area contributed by atoms with Gasteiger partial charge in [-0.3, -0.25) is 4.79 Å². The molecule has 2 aromatic heterocycles. The third kappa shape index (κ3) is 4.83. The normalized spacial score (nSPS) is 13.9. The lowest BCUT2D eigenvalue weighted by molar-refractivity contribution is -0.113. The third-order valence-corrected chi connectivity index (χ3v) is 7.43. The van der Waals surface area contributed by atoms with Gasteiger partial charge in [0.1, 0.15) is 17.7 Å². The number of benzene rings is 1. The minimum absolute atomic E-state index is 0.136. The highest BCUT2D eigenvalue weighted by atomic mass is 32.2. The van der Waals surface area contributed by atoms with Crippen molar-refractivity contribution in [1.82, 2.24) is 19.3 Å². The van der Waals surface area contributed by atoms with E-state index in [1.54, 1.807) is 0 Å². The maximum Gasteiger partial charge on any atom is 0.235 e. The Hall–Kier alpha value is -3.05. The van der Waals surface area contributed by atoms with Crippen LogP contribution in [0, 0.1) is 25.2 Å². The minimum Gasteiger partial charge on any atom is -0.327 e. The number of hydrogen-bond acceptors (Lipinski definition) is 5. The van der Waals surface area contributed by atoms with Crippen LogP contribution >= 0.6 is 11.8 Å². The van der Waals surface area contributed by atoms with Gasteiger partial charge < -0.3 is 14.5 Å². The van der Waals surface area contributed by atoms with E-state index >= 15 is 0 Å². The Morgan fingerprint density at radius 1 is 1.21 bits per heavy atom. The van der Waals surface area contributed by atoms with Crippen LogP contribution in [0.1, 0.15) is 66.9 Å². The van der Waals surface area contributed by atoms with Crippen LogP contribution in [0.25, 0.3) is 0 Å². The van der Waals surface area contributed by atoms with Crippen molar-refractivity contribution in [2.24, 2.45) is 0 Å². The molecule has 1 aromatic carbocycles. The van der Waals surface area contributed by atoms with Gasteiger partial charge in [-0.25, -0.2) is 0 Å². The van der Waals surface area contributed by atoms with E-state index in [9.17, 15) is 10.1 Å². The largest absolute Gasteiger partial charge is 0.327 e. The predicted octanol–water partition coefficient (Wildman–Crippen LogP) is 5.02. The number of nitrogens with zero attached hydrogens (tertiary/aromatic N) is 5. The van der Waals surface area contributed by atoms with Crippen LogP contribution in [-0.2, 0) is 17.8 Å². The second-order valence-corrected chi connectivity index (χ2v) is 9.44. The topological polar surface area (TPSA) is 88.5 Å². The Kier molecular flexibility index (Phi) is 7.19. The standard InChI is InChI=1S/C25H30N6OS/c1-4-30-22(14-19-10-6-5-7-11-19)28-29-25(30)33-16-23(32)27-24-21(15-26)17(2)18(3)31(24)20-12-8-9-13-20/h5-7,10-11,20H,4,8-9,12-14,16H2,1-3H3,(H,27,32). The summed E-state index contributed by atoms with van der Waals surface area (Å²) in [5.41, 5.74) is 3.76. The van der Waals surface area contributed by atoms with E-state index in [1.807, 2.05) is 32.0 Å². The fraction of sp³-hybridized carbons (Fsp3) is 0.440. The zero-order chi connectivity index (χ0) is 23.4. The Labute approximate surface area is 199 Å². The first-order valence-corrected chi connectivity index (χ1v) is 12.5. The molecule has 1 N–H and O–H groups in total. The monoisotopic (exact) mass is 462 g/mol. The van der Waals surface area contributed by atoms with Gasteiger partial charge in [0.25, 0.3) is 0 Å². The Balaban J connectivity index is 1.47. The molecule has 172 valence electrons. The number of nitriles is 1. The molecule has 1 amide bonds. The molecule has 8 heteroatoms. The van der Waals surface area contributed by atoms with E-state index < -0.39 is 0 Å². The van der Waals surface area contributed by atoms with Gasteiger partial charge >= 0.3 is 0 Å². The Morgan fingerprint density at radius 3 is 2.61 bits per heavy atom. The number of amides is 1. The summed E-state index contributed by atoms with van der Waals surface area (Å²) in [5.74, 6) is 1.61. The maximum atomic E-state index is 12.9. The summed E-state index contributed by atoms with van der Waals surface area (Å²) in [6.07, 6.45) is 5.24. The second-order valence-electron chi connectivity index (χ2n) is 8.50. The maximum absolute atomic E-state index is 12.9. The van der Waals surface area contributed by atoms with Crippen LogP contribution in [0.4, 0.5) is 5.82 Å². The van der Waals surface area contributed by atoms with Crippen LogP contribution in [0.3, 0.4) is 0 Å². The molecule has 0 bridgehead atoms. The Morgan fingerprint density at radius 2 is 1.94 bits per heavy atom. The number of carbonyl (C=O) groups excluding carboxylic acids is 1. The van der Waals surface area contributed by atoms with Gasteiger partial charge in [0.05, 0.1) is 11.3 Å². The van der Waals surface area contributed by atoms with Crippen molar-refractivity contribution in [2.45, 2.75) is 70.6 Å². The lowest BCUT2D eigenvalue weighted by Crippen LogP contribution is -2.20. The zero-order valence-electron chi connectivity index (χ0n) is 19.5. The van der Waals surface area contributed by atoms with Gasteiger partial charge in [0.15, 0.2) is 5.16 Å². The third-order valence-electron chi connectivity index (χ3n) is 6.46. The fourth-order valence-corrected chi connectivity index (χ4v) is 5.48. The first kappa shape index (κ1) is 23.1. The number of nitrogens with one attached hydrogen (secondary N) is 1. The highest BCUT2D eigenvalue weighted by Gasteiger charge is 2.26. The molecule has 0 saturated heterocycles. The zero-order valence-corrected chi connectivity index (χ0v) is 20.3. The molecule has 0 aliphatic heterocycles. The van der Waals surface area contributed by atoms with Crippen molar-refractivity contribution in [2.75, 3.05) is 11.1 Å². The van der Waals surface area contributed by atoms with Crippen molar-refractivity contribution < 1.29 is 4.79 Å². The van der Waals surface area contributed by atoms with E-state index in [0.29, 0.717) is 23.8 Å². The highest BCUT2D eigenvalue weighted by Crippen LogP contribution is 2.37. The molecular formula is C25H30N6OS. The summed E-state index contributed by atoms with van der Waals surface area (Å²) in [7, 11) is 0. The van der Waals surface area contributed by atoms with E-state index in [2.05, 4.69) is 49.8 Å². The average Bonchev–Trinajstić information content (AvgIpc) is 3.53. The van der Waals surface area contributed by atoms with Gasteiger partial charge in [0, 0.05) is 24.7 Å². The van der Waals surface area contributed by atoms with Crippen molar-refractivity contribution in [3.8, 4) is 6.07 Å². The molecule has 33 heavy (non-hydrogen) atoms. The molecule has 0 spiro atoms. The van der Waals surface area contributed by atoms with E-state index in [-0.39, 0.29) is 11.7 Å². The summed E-state index contributed by atoms with van der Waals surface area (Å²) in [5, 5.41) is 22.2. The molecule has 1 fully saturated rings. The first-order valence-electron chi connectivity index (χ1n) is 11.5. The SMILES string of the molecule is CCn1c(Cc2ccccc2)nnc1SCC(=O)Nc1c(C#N)c(C)c(C)n1C1CCCC1. The van der Waals surface area contributed by atoms with Gasteiger partial charge in [0.2, 0.25) is 5.91 Å². The molecule has 7 nitrogen and oxygen atoms in total. The number of rotatable bonds is 8. The number of anilines is 1. The Bertz CT molecular complexity index is 1170. The molecule has 1 aliphatic carbocycles. The predicted molar refractivity (Wildman–Crippen MR) is 130 cm³/mol. The van der Waals surface area contributed by atoms with Crippen LogP contribution < -0.4 is 5.32 Å². The molecule has 1 saturated carbocycles. The van der Waals surface area contributed by atoms with Crippen molar-refractivity contribution in [1.29, 1.82) is 5.26 Å². The van der Waals surface area contributed by atoms with Crippen LogP contribution in [0.2, 0.25) is 0 Å². The van der Waals surface area contributed by atoms with Gasteiger partial charge in [-0.05, 0) is 44.7 Å². The summed E-state index contributed by atoms with van der Waals surface area (Å²) in [6.45, 7) is 6.79. The summed E-state index contributed by atoms with van der Waals surface area (Å²) >= 11 is 1.38. The van der Waals surface area contributed by atoms with Crippen LogP contribution in [-0.4, -0.2) is 31.0 Å². The highest BCUT2D eigenvalue weighted by molar-refractivity contribution is 7.99.